The zero-order valence-corrected chi connectivity index (χ0v) is 11.5. The lowest BCUT2D eigenvalue weighted by molar-refractivity contribution is -0.385. The highest BCUT2D eigenvalue weighted by Gasteiger charge is 2.35. The zero-order chi connectivity index (χ0) is 15.0. The molecule has 1 aromatic heterocycles. The summed E-state index contributed by atoms with van der Waals surface area (Å²) in [6.07, 6.45) is 3.28. The van der Waals surface area contributed by atoms with Crippen molar-refractivity contribution in [3.63, 3.8) is 0 Å². The molecule has 2 aromatic rings. The molecule has 1 fully saturated rings. The van der Waals surface area contributed by atoms with Crippen molar-refractivity contribution >= 4 is 23.2 Å². The van der Waals surface area contributed by atoms with Gasteiger partial charge in [0, 0.05) is 30.4 Å². The summed E-state index contributed by atoms with van der Waals surface area (Å²) in [6.45, 7) is 0.893. The highest BCUT2D eigenvalue weighted by Crippen LogP contribution is 2.28. The van der Waals surface area contributed by atoms with E-state index in [0.29, 0.717) is 13.1 Å². The van der Waals surface area contributed by atoms with Gasteiger partial charge in [0.05, 0.1) is 17.2 Å². The van der Waals surface area contributed by atoms with Gasteiger partial charge in [-0.1, -0.05) is 16.8 Å². The van der Waals surface area contributed by atoms with Crippen LogP contribution in [0.15, 0.2) is 30.6 Å². The van der Waals surface area contributed by atoms with Crippen LogP contribution in [0.1, 0.15) is 16.4 Å². The summed E-state index contributed by atoms with van der Waals surface area (Å²) in [5, 5.41) is 18.8. The van der Waals surface area contributed by atoms with Crippen molar-refractivity contribution in [1.29, 1.82) is 0 Å². The fraction of sp³-hybridized carbons (Fsp3) is 0.250. The smallest absolute Gasteiger partial charge is 0.283 e. The number of hydrogen-bond donors (Lipinski definition) is 0. The van der Waals surface area contributed by atoms with E-state index in [2.05, 4.69) is 10.3 Å². The van der Waals surface area contributed by atoms with Gasteiger partial charge < -0.3 is 4.90 Å². The zero-order valence-electron chi connectivity index (χ0n) is 10.7. The van der Waals surface area contributed by atoms with Crippen LogP contribution < -0.4 is 0 Å². The minimum atomic E-state index is -0.603. The Kier molecular flexibility index (Phi) is 3.30. The third kappa shape index (κ3) is 2.45. The molecule has 1 aromatic carbocycles. The molecule has 0 N–H and O–H groups in total. The van der Waals surface area contributed by atoms with Crippen molar-refractivity contribution in [3.05, 3.63) is 51.3 Å². The van der Waals surface area contributed by atoms with E-state index in [4.69, 9.17) is 11.6 Å². The Balaban J connectivity index is 1.77. The largest absolute Gasteiger partial charge is 0.334 e. The summed E-state index contributed by atoms with van der Waals surface area (Å²) >= 11 is 5.74. The number of halogens is 1. The van der Waals surface area contributed by atoms with E-state index in [1.165, 1.54) is 23.1 Å². The lowest BCUT2D eigenvalue weighted by Crippen LogP contribution is -2.51. The van der Waals surface area contributed by atoms with Crippen molar-refractivity contribution in [2.75, 3.05) is 13.1 Å². The van der Waals surface area contributed by atoms with Crippen LogP contribution in [0.5, 0.6) is 0 Å². The molecule has 1 saturated heterocycles. The highest BCUT2D eigenvalue weighted by molar-refractivity contribution is 6.31. The molecule has 0 bridgehead atoms. The molecule has 21 heavy (non-hydrogen) atoms. The number of aromatic nitrogens is 3. The molecule has 2 heterocycles. The number of carbonyl (C=O) groups excluding carboxylic acids is 1. The molecule has 0 spiro atoms. The Hall–Kier alpha value is -2.48. The molecule has 0 unspecified atom stereocenters. The van der Waals surface area contributed by atoms with Crippen molar-refractivity contribution in [3.8, 4) is 0 Å². The van der Waals surface area contributed by atoms with Gasteiger partial charge in [0.1, 0.15) is 5.56 Å². The number of amides is 1. The van der Waals surface area contributed by atoms with Crippen LogP contribution in [-0.2, 0) is 0 Å². The average molecular weight is 308 g/mol. The molecule has 9 heteroatoms. The quantitative estimate of drug-likeness (QED) is 0.633. The van der Waals surface area contributed by atoms with E-state index >= 15 is 0 Å². The van der Waals surface area contributed by atoms with Crippen molar-refractivity contribution in [2.24, 2.45) is 0 Å². The molecule has 0 atom stereocenters. The normalized spacial score (nSPS) is 14.8. The van der Waals surface area contributed by atoms with Gasteiger partial charge in [0.2, 0.25) is 0 Å². The van der Waals surface area contributed by atoms with E-state index in [1.54, 1.807) is 17.1 Å². The third-order valence-electron chi connectivity index (χ3n) is 3.35. The predicted octanol–water partition coefficient (Wildman–Crippen LogP) is 1.54. The Morgan fingerprint density at radius 3 is 2.81 bits per heavy atom. The van der Waals surface area contributed by atoms with Gasteiger partial charge in [-0.2, -0.15) is 0 Å². The second-order valence-electron chi connectivity index (χ2n) is 4.67. The summed E-state index contributed by atoms with van der Waals surface area (Å²) < 4.78 is 1.67. The molecule has 1 amide bonds. The number of nitro groups is 1. The van der Waals surface area contributed by atoms with Crippen molar-refractivity contribution in [2.45, 2.75) is 6.04 Å². The molecule has 8 nitrogen and oxygen atoms in total. The summed E-state index contributed by atoms with van der Waals surface area (Å²) in [7, 11) is 0. The Labute approximate surface area is 124 Å². The monoisotopic (exact) mass is 307 g/mol. The van der Waals surface area contributed by atoms with Gasteiger partial charge in [-0.25, -0.2) is 4.68 Å². The number of carbonyl (C=O) groups is 1. The molecule has 108 valence electrons. The first-order valence-electron chi connectivity index (χ1n) is 6.15. The fourth-order valence-electron chi connectivity index (χ4n) is 2.21. The summed E-state index contributed by atoms with van der Waals surface area (Å²) in [4.78, 5) is 24.3. The molecular weight excluding hydrogens is 298 g/mol. The maximum atomic E-state index is 12.3. The van der Waals surface area contributed by atoms with Gasteiger partial charge in [0.15, 0.2) is 0 Å². The van der Waals surface area contributed by atoms with Crippen LogP contribution in [0.3, 0.4) is 0 Å². The van der Waals surface area contributed by atoms with Gasteiger partial charge in [-0.15, -0.1) is 5.10 Å². The summed E-state index contributed by atoms with van der Waals surface area (Å²) in [5.74, 6) is -0.380. The molecule has 0 radical (unpaired) electrons. The topological polar surface area (TPSA) is 94.2 Å². The van der Waals surface area contributed by atoms with Crippen LogP contribution >= 0.6 is 11.6 Å². The van der Waals surface area contributed by atoms with E-state index in [-0.39, 0.29) is 28.2 Å². The summed E-state index contributed by atoms with van der Waals surface area (Å²) in [6, 6.07) is 4.09. The van der Waals surface area contributed by atoms with Crippen LogP contribution in [0.25, 0.3) is 0 Å². The SMILES string of the molecule is O=C(c1ccc(Cl)cc1[N+](=O)[O-])N1CC(n2ccnn2)C1. The Morgan fingerprint density at radius 1 is 1.43 bits per heavy atom. The lowest BCUT2D eigenvalue weighted by atomic mass is 10.1. The minimum Gasteiger partial charge on any atom is -0.334 e. The molecule has 3 rings (SSSR count). The second-order valence-corrected chi connectivity index (χ2v) is 5.10. The standard InChI is InChI=1S/C12H10ClN5O3/c13-8-1-2-10(11(5-8)18(20)21)12(19)16-6-9(7-16)17-4-3-14-15-17/h1-5,9H,6-7H2. The van der Waals surface area contributed by atoms with E-state index in [9.17, 15) is 14.9 Å². The molecule has 0 saturated carbocycles. The lowest BCUT2D eigenvalue weighted by Gasteiger charge is -2.38. The van der Waals surface area contributed by atoms with Crippen LogP contribution in [0, 0.1) is 10.1 Å². The average Bonchev–Trinajstić information content (AvgIpc) is 2.90. The minimum absolute atomic E-state index is 0.0430. The first-order valence-corrected chi connectivity index (χ1v) is 6.53. The van der Waals surface area contributed by atoms with E-state index in [1.807, 2.05) is 0 Å². The van der Waals surface area contributed by atoms with E-state index < -0.39 is 4.92 Å². The predicted molar refractivity (Wildman–Crippen MR) is 73.1 cm³/mol. The number of nitro benzene ring substituents is 1. The second kappa shape index (κ2) is 5.13. The number of likely N-dealkylation sites (tertiary alicyclic amines) is 1. The Morgan fingerprint density at radius 2 is 2.19 bits per heavy atom. The maximum absolute atomic E-state index is 12.3. The van der Waals surface area contributed by atoms with Crippen LogP contribution in [0.4, 0.5) is 5.69 Å². The number of nitrogens with zero attached hydrogens (tertiary/aromatic N) is 5. The number of hydrogen-bond acceptors (Lipinski definition) is 5. The molecule has 1 aliphatic heterocycles. The first kappa shape index (κ1) is 13.5. The summed E-state index contributed by atoms with van der Waals surface area (Å²) in [5.41, 5.74) is -0.238. The number of rotatable bonds is 3. The van der Waals surface area contributed by atoms with Gasteiger partial charge in [0.25, 0.3) is 11.6 Å². The molecule has 1 aliphatic rings. The Bertz CT molecular complexity index is 697. The van der Waals surface area contributed by atoms with Crippen molar-refractivity contribution in [1.82, 2.24) is 19.9 Å². The van der Waals surface area contributed by atoms with Crippen molar-refractivity contribution < 1.29 is 9.72 Å². The maximum Gasteiger partial charge on any atom is 0.283 e. The van der Waals surface area contributed by atoms with Gasteiger partial charge >= 0.3 is 0 Å². The molecule has 0 aliphatic carbocycles. The van der Waals surface area contributed by atoms with Crippen LogP contribution in [0.2, 0.25) is 5.02 Å². The van der Waals surface area contributed by atoms with E-state index in [0.717, 1.165) is 0 Å². The third-order valence-corrected chi connectivity index (χ3v) is 3.59. The highest BCUT2D eigenvalue weighted by atomic mass is 35.5. The van der Waals surface area contributed by atoms with Crippen LogP contribution in [-0.4, -0.2) is 43.8 Å². The number of benzene rings is 1. The molecular formula is C12H10ClN5O3. The van der Waals surface area contributed by atoms with Gasteiger partial charge in [-0.3, -0.25) is 14.9 Å². The van der Waals surface area contributed by atoms with Gasteiger partial charge in [-0.05, 0) is 12.1 Å². The fourth-order valence-corrected chi connectivity index (χ4v) is 2.37. The first-order chi connectivity index (χ1) is 10.1.